The Morgan fingerprint density at radius 1 is 1.25 bits per heavy atom. The van der Waals surface area contributed by atoms with Crippen LogP contribution in [0, 0.1) is 0 Å². The second kappa shape index (κ2) is 6.99. The van der Waals surface area contributed by atoms with Crippen molar-refractivity contribution in [1.82, 2.24) is 25.1 Å². The molecule has 3 aromatic rings. The van der Waals surface area contributed by atoms with Crippen LogP contribution in [0.3, 0.4) is 0 Å². The highest BCUT2D eigenvalue weighted by molar-refractivity contribution is 6.35. The zero-order valence-corrected chi connectivity index (χ0v) is 15.1. The van der Waals surface area contributed by atoms with E-state index < -0.39 is 22.5 Å². The first-order valence-corrected chi connectivity index (χ1v) is 8.74. The van der Waals surface area contributed by atoms with Crippen LogP contribution in [0.2, 0.25) is 5.02 Å². The molecule has 1 aliphatic heterocycles. The molecule has 1 aliphatic rings. The molecule has 0 unspecified atom stereocenters. The van der Waals surface area contributed by atoms with Gasteiger partial charge in [-0.15, -0.1) is 0 Å². The molecule has 0 saturated heterocycles. The number of alkyl halides is 3. The van der Waals surface area contributed by atoms with E-state index in [1.54, 1.807) is 6.20 Å². The van der Waals surface area contributed by atoms with E-state index in [4.69, 9.17) is 11.6 Å². The summed E-state index contributed by atoms with van der Waals surface area (Å²) in [5.41, 5.74) is 0.511. The molecule has 6 nitrogen and oxygen atoms in total. The Morgan fingerprint density at radius 2 is 2.07 bits per heavy atom. The quantitative estimate of drug-likeness (QED) is 0.675. The number of fused-ring (bicyclic) bond motifs is 1. The van der Waals surface area contributed by atoms with Crippen LogP contribution in [0.25, 0.3) is 5.95 Å². The minimum atomic E-state index is -4.66. The van der Waals surface area contributed by atoms with E-state index in [1.165, 1.54) is 23.0 Å². The van der Waals surface area contributed by atoms with Crippen molar-refractivity contribution in [1.29, 1.82) is 0 Å². The number of carbonyl (C=O) groups is 1. The van der Waals surface area contributed by atoms with Gasteiger partial charge in [-0.25, -0.2) is 14.6 Å². The van der Waals surface area contributed by atoms with E-state index in [2.05, 4.69) is 20.4 Å². The number of carbonyl (C=O) groups excluding carboxylic acids is 1. The number of hydrogen-bond donors (Lipinski definition) is 1. The van der Waals surface area contributed by atoms with Crippen molar-refractivity contribution >= 4 is 17.4 Å². The van der Waals surface area contributed by atoms with E-state index in [1.807, 2.05) is 0 Å². The molecule has 0 amide bonds. The largest absolute Gasteiger partial charge is 0.417 e. The van der Waals surface area contributed by atoms with Crippen molar-refractivity contribution in [3.8, 4) is 5.95 Å². The highest BCUT2D eigenvalue weighted by Gasteiger charge is 2.35. The normalized spacial score (nSPS) is 14.0. The fourth-order valence-electron chi connectivity index (χ4n) is 2.98. The Balaban J connectivity index is 1.70. The second-order valence-corrected chi connectivity index (χ2v) is 6.59. The van der Waals surface area contributed by atoms with Gasteiger partial charge in [0.2, 0.25) is 5.78 Å². The number of ketones is 1. The van der Waals surface area contributed by atoms with E-state index in [-0.39, 0.29) is 17.2 Å². The summed E-state index contributed by atoms with van der Waals surface area (Å²) in [6, 6.07) is 4.53. The molecule has 3 heterocycles. The lowest BCUT2D eigenvalue weighted by Gasteiger charge is -2.11. The van der Waals surface area contributed by atoms with E-state index in [0.717, 1.165) is 36.4 Å². The van der Waals surface area contributed by atoms with Crippen molar-refractivity contribution in [3.05, 3.63) is 69.8 Å². The molecule has 0 fully saturated rings. The van der Waals surface area contributed by atoms with Gasteiger partial charge in [0.05, 0.1) is 16.3 Å². The number of rotatable bonds is 3. The summed E-state index contributed by atoms with van der Waals surface area (Å²) in [5.74, 6) is -0.568. The summed E-state index contributed by atoms with van der Waals surface area (Å²) in [7, 11) is 0. The van der Waals surface area contributed by atoms with Crippen LogP contribution in [0.4, 0.5) is 13.2 Å². The first-order chi connectivity index (χ1) is 13.3. The second-order valence-electron chi connectivity index (χ2n) is 6.21. The van der Waals surface area contributed by atoms with Crippen molar-refractivity contribution in [2.45, 2.75) is 19.1 Å². The van der Waals surface area contributed by atoms with Gasteiger partial charge in [-0.1, -0.05) is 17.7 Å². The molecule has 0 radical (unpaired) electrons. The fourth-order valence-corrected chi connectivity index (χ4v) is 3.30. The fraction of sp³-hybridized carbons (Fsp3) is 0.222. The molecule has 4 rings (SSSR count). The molecule has 2 aromatic heterocycles. The first-order valence-electron chi connectivity index (χ1n) is 8.36. The average molecular weight is 408 g/mol. The number of nitrogens with one attached hydrogen (secondary N) is 1. The van der Waals surface area contributed by atoms with Crippen LogP contribution in [-0.4, -0.2) is 32.1 Å². The number of nitrogens with zero attached hydrogens (tertiary/aromatic N) is 4. The third-order valence-corrected chi connectivity index (χ3v) is 4.78. The van der Waals surface area contributed by atoms with Gasteiger partial charge in [0, 0.05) is 24.5 Å². The van der Waals surface area contributed by atoms with Gasteiger partial charge in [-0.2, -0.15) is 18.3 Å². The topological polar surface area (TPSA) is 72.7 Å². The highest BCUT2D eigenvalue weighted by atomic mass is 35.5. The van der Waals surface area contributed by atoms with Crippen LogP contribution < -0.4 is 5.32 Å². The number of aromatic nitrogens is 4. The van der Waals surface area contributed by atoms with Crippen molar-refractivity contribution in [2.24, 2.45) is 0 Å². The zero-order valence-electron chi connectivity index (χ0n) is 14.3. The van der Waals surface area contributed by atoms with Crippen molar-refractivity contribution < 1.29 is 18.0 Å². The maximum atomic E-state index is 13.1. The molecule has 1 aromatic carbocycles. The molecule has 1 N–H and O–H groups in total. The molecular weight excluding hydrogens is 395 g/mol. The Labute approximate surface area is 162 Å². The molecule has 0 spiro atoms. The number of benzene rings is 1. The van der Waals surface area contributed by atoms with Crippen LogP contribution in [-0.2, 0) is 19.1 Å². The Bertz CT molecular complexity index is 1040. The van der Waals surface area contributed by atoms with Gasteiger partial charge in [0.25, 0.3) is 5.95 Å². The predicted octanol–water partition coefficient (Wildman–Crippen LogP) is 3.21. The van der Waals surface area contributed by atoms with Gasteiger partial charge in [0.15, 0.2) is 0 Å². The van der Waals surface area contributed by atoms with Crippen LogP contribution in [0.5, 0.6) is 0 Å². The minimum Gasteiger partial charge on any atom is -0.311 e. The van der Waals surface area contributed by atoms with E-state index in [0.29, 0.717) is 6.54 Å². The molecule has 0 bridgehead atoms. The molecule has 10 heteroatoms. The van der Waals surface area contributed by atoms with Crippen molar-refractivity contribution in [3.63, 3.8) is 0 Å². The van der Waals surface area contributed by atoms with Gasteiger partial charge in [0.1, 0.15) is 5.69 Å². The molecule has 144 valence electrons. The van der Waals surface area contributed by atoms with Gasteiger partial charge in [-0.05, 0) is 36.7 Å². The summed E-state index contributed by atoms with van der Waals surface area (Å²) >= 11 is 5.85. The smallest absolute Gasteiger partial charge is 0.311 e. The highest BCUT2D eigenvalue weighted by Crippen LogP contribution is 2.36. The summed E-state index contributed by atoms with van der Waals surface area (Å²) in [6.07, 6.45) is -0.701. The van der Waals surface area contributed by atoms with Gasteiger partial charge >= 0.3 is 6.18 Å². The van der Waals surface area contributed by atoms with E-state index >= 15 is 0 Å². The lowest BCUT2D eigenvalue weighted by Crippen LogP contribution is -2.22. The summed E-state index contributed by atoms with van der Waals surface area (Å²) < 4.78 is 40.6. The summed E-state index contributed by atoms with van der Waals surface area (Å²) in [5, 5.41) is 6.95. The average Bonchev–Trinajstić information content (AvgIpc) is 3.11. The Hall–Kier alpha value is -2.78. The van der Waals surface area contributed by atoms with Gasteiger partial charge < -0.3 is 5.32 Å². The Morgan fingerprint density at radius 3 is 2.82 bits per heavy atom. The minimum absolute atomic E-state index is 0.0715. The molecule has 0 aliphatic carbocycles. The standard InChI is InChI=1S/C18H13ClF3N5O/c19-15-11(2-1-3-12(15)18(20,21)22)16(28)13-5-7-24-17(25-13)27-9-10-4-6-23-8-14(10)26-27/h1-3,5,7,9,23H,4,6,8H2. The maximum Gasteiger partial charge on any atom is 0.417 e. The zero-order chi connectivity index (χ0) is 19.9. The monoisotopic (exact) mass is 407 g/mol. The predicted molar refractivity (Wildman–Crippen MR) is 94.5 cm³/mol. The SMILES string of the molecule is O=C(c1ccnc(-n2cc3c(n2)CNCC3)n1)c1cccc(C(F)(F)F)c1Cl. The lowest BCUT2D eigenvalue weighted by molar-refractivity contribution is -0.137. The maximum absolute atomic E-state index is 13.1. The van der Waals surface area contributed by atoms with Crippen LogP contribution in [0.15, 0.2) is 36.7 Å². The van der Waals surface area contributed by atoms with Crippen LogP contribution in [0.1, 0.15) is 32.9 Å². The summed E-state index contributed by atoms with van der Waals surface area (Å²) in [4.78, 5) is 21.0. The molecule has 0 saturated carbocycles. The number of hydrogen-bond acceptors (Lipinski definition) is 5. The summed E-state index contributed by atoms with van der Waals surface area (Å²) in [6.45, 7) is 1.47. The number of halogens is 4. The third-order valence-electron chi connectivity index (χ3n) is 4.37. The third kappa shape index (κ3) is 3.38. The lowest BCUT2D eigenvalue weighted by atomic mass is 10.0. The van der Waals surface area contributed by atoms with E-state index in [9.17, 15) is 18.0 Å². The van der Waals surface area contributed by atoms with Crippen molar-refractivity contribution in [2.75, 3.05) is 6.54 Å². The van der Waals surface area contributed by atoms with Crippen LogP contribution >= 0.6 is 11.6 Å². The van der Waals surface area contributed by atoms with Gasteiger partial charge in [-0.3, -0.25) is 4.79 Å². The molecule has 0 atom stereocenters. The Kier molecular flexibility index (Phi) is 4.64. The first kappa shape index (κ1) is 18.6. The molecule has 28 heavy (non-hydrogen) atoms. The molecular formula is C18H13ClF3N5O.